The lowest BCUT2D eigenvalue weighted by Crippen LogP contribution is -2.31. The molecule has 216 valence electrons. The van der Waals surface area contributed by atoms with Gasteiger partial charge in [0.15, 0.2) is 11.2 Å². The van der Waals surface area contributed by atoms with Crippen LogP contribution in [0.25, 0.3) is 11.2 Å². The number of nitrogen functional groups attached to an aromatic ring is 2. The molecule has 1 amide bonds. The van der Waals surface area contributed by atoms with Crippen LogP contribution in [0.15, 0.2) is 22.2 Å². The van der Waals surface area contributed by atoms with E-state index in [1.807, 2.05) is 0 Å². The topological polar surface area (TPSA) is 290 Å². The Morgan fingerprint density at radius 1 is 1.12 bits per heavy atom. The highest BCUT2D eigenvalue weighted by molar-refractivity contribution is 7.47. The van der Waals surface area contributed by atoms with E-state index >= 15 is 0 Å². The summed E-state index contributed by atoms with van der Waals surface area (Å²) >= 11 is 0. The lowest BCUT2D eigenvalue weighted by Gasteiger charge is -2.22. The molecule has 0 bridgehead atoms. The van der Waals surface area contributed by atoms with E-state index in [4.69, 9.17) is 40.5 Å². The molecule has 8 N–H and O–H groups in total. The van der Waals surface area contributed by atoms with Crippen molar-refractivity contribution in [2.75, 3.05) is 24.7 Å². The minimum absolute atomic E-state index is 0.00840. The number of imidazole rings is 1. The number of aromatic nitrogens is 7. The average molecular weight is 584 g/mol. The molecule has 21 heteroatoms. The van der Waals surface area contributed by atoms with Gasteiger partial charge in [-0.15, -0.1) is 0 Å². The summed E-state index contributed by atoms with van der Waals surface area (Å²) in [5.74, 6) is -0.331. The number of anilines is 2. The SMILES string of the molecule is NC(=O)OC[C@H]1O[C@@H](n2cnc3c(=O)[nH]c(N)nc32)C[C@H]1OP(=O)(O)OC[C@@H]1CC[C@H](n2cnc(N)nc2=O)O1. The van der Waals surface area contributed by atoms with Gasteiger partial charge >= 0.3 is 19.6 Å². The standard InChI is InChI=1S/C19H25N10O10P/c20-16-24-7-29(19(32)27-16)11-2-1-8(37-11)4-36-40(33,34)39-9-3-12(38-10(9)5-35-18(22)31)28-6-23-13-14(28)25-17(21)26-15(13)30/h6-12H,1-5H2,(H2,22,31)(H,33,34)(H2,20,27,32)(H3,21,25,26,30)/t8-,9+,10+,11+,12+/m0/s1. The third-order valence-corrected chi connectivity index (χ3v) is 7.18. The molecule has 2 aliphatic heterocycles. The van der Waals surface area contributed by atoms with Gasteiger partial charge in [0.2, 0.25) is 11.9 Å². The number of carbonyl (C=O) groups excluding carboxylic acids is 1. The van der Waals surface area contributed by atoms with Crippen molar-refractivity contribution in [1.82, 2.24) is 34.1 Å². The molecule has 0 aliphatic carbocycles. The highest BCUT2D eigenvalue weighted by atomic mass is 31.2. The molecule has 3 aromatic rings. The Morgan fingerprint density at radius 2 is 1.90 bits per heavy atom. The summed E-state index contributed by atoms with van der Waals surface area (Å²) < 4.78 is 42.3. The number of nitrogens with zero attached hydrogens (tertiary/aromatic N) is 6. The van der Waals surface area contributed by atoms with Gasteiger partial charge in [0.1, 0.15) is 37.6 Å². The number of amides is 1. The van der Waals surface area contributed by atoms with Gasteiger partial charge in [-0.25, -0.2) is 24.1 Å². The third kappa shape index (κ3) is 5.96. The van der Waals surface area contributed by atoms with Crippen LogP contribution in [-0.4, -0.2) is 76.6 Å². The van der Waals surface area contributed by atoms with E-state index in [1.54, 1.807) is 0 Å². The molecule has 2 aliphatic rings. The fourth-order valence-electron chi connectivity index (χ4n) is 4.40. The number of H-pyrrole nitrogens is 1. The Bertz CT molecular complexity index is 1580. The Balaban J connectivity index is 1.24. The summed E-state index contributed by atoms with van der Waals surface area (Å²) in [7, 11) is -4.71. The lowest BCUT2D eigenvalue weighted by atomic mass is 10.2. The molecule has 0 spiro atoms. The predicted molar refractivity (Wildman–Crippen MR) is 131 cm³/mol. The lowest BCUT2D eigenvalue weighted by molar-refractivity contribution is -0.0505. The highest BCUT2D eigenvalue weighted by Gasteiger charge is 2.43. The first-order chi connectivity index (χ1) is 19.0. The minimum atomic E-state index is -4.71. The molecular weight excluding hydrogens is 559 g/mol. The first kappa shape index (κ1) is 27.6. The molecular formula is C19H25N10O10P. The zero-order valence-electron chi connectivity index (χ0n) is 20.6. The van der Waals surface area contributed by atoms with E-state index in [2.05, 4.69) is 24.9 Å². The molecule has 2 fully saturated rings. The van der Waals surface area contributed by atoms with Crippen LogP contribution >= 0.6 is 7.82 Å². The number of hydrogen-bond donors (Lipinski definition) is 5. The molecule has 5 heterocycles. The van der Waals surface area contributed by atoms with E-state index in [-0.39, 0.29) is 36.1 Å². The second-order valence-corrected chi connectivity index (χ2v) is 10.3. The average Bonchev–Trinajstić information content (AvgIpc) is 3.60. The van der Waals surface area contributed by atoms with Crippen molar-refractivity contribution in [2.24, 2.45) is 5.73 Å². The number of nitrogens with one attached hydrogen (secondary N) is 1. The largest absolute Gasteiger partial charge is 0.472 e. The molecule has 5 rings (SSSR count). The summed E-state index contributed by atoms with van der Waals surface area (Å²) in [5.41, 5.74) is 15.0. The number of fused-ring (bicyclic) bond motifs is 1. The second kappa shape index (κ2) is 10.9. The van der Waals surface area contributed by atoms with Crippen molar-refractivity contribution >= 4 is 37.0 Å². The number of phosphoric ester groups is 1. The fourth-order valence-corrected chi connectivity index (χ4v) is 5.38. The maximum Gasteiger partial charge on any atom is 0.472 e. The van der Waals surface area contributed by atoms with Gasteiger partial charge in [0.05, 0.1) is 19.0 Å². The van der Waals surface area contributed by atoms with E-state index < -0.39 is 62.5 Å². The second-order valence-electron chi connectivity index (χ2n) is 8.87. The molecule has 0 aromatic carbocycles. The summed E-state index contributed by atoms with van der Waals surface area (Å²) in [6.45, 7) is -0.752. The monoisotopic (exact) mass is 584 g/mol. The van der Waals surface area contributed by atoms with E-state index in [0.29, 0.717) is 12.8 Å². The maximum absolute atomic E-state index is 12.8. The first-order valence-corrected chi connectivity index (χ1v) is 13.3. The van der Waals surface area contributed by atoms with Crippen LogP contribution in [0.4, 0.5) is 16.7 Å². The van der Waals surface area contributed by atoms with E-state index in [0.717, 1.165) is 4.57 Å². The van der Waals surface area contributed by atoms with Crippen LogP contribution in [0.5, 0.6) is 0 Å². The molecule has 3 aromatic heterocycles. The first-order valence-electron chi connectivity index (χ1n) is 11.8. The van der Waals surface area contributed by atoms with Crippen molar-refractivity contribution in [3.8, 4) is 0 Å². The normalized spacial score (nSPS) is 26.2. The zero-order valence-corrected chi connectivity index (χ0v) is 21.5. The number of carbonyl (C=O) groups is 1. The summed E-state index contributed by atoms with van der Waals surface area (Å²) in [5, 5.41) is 0. The van der Waals surface area contributed by atoms with Gasteiger partial charge in [-0.05, 0) is 12.8 Å². The van der Waals surface area contributed by atoms with Crippen LogP contribution in [0, 0.1) is 0 Å². The van der Waals surface area contributed by atoms with E-state index in [9.17, 15) is 23.8 Å². The number of phosphoric acid groups is 1. The zero-order chi connectivity index (χ0) is 28.6. The van der Waals surface area contributed by atoms with Crippen LogP contribution in [0.3, 0.4) is 0 Å². The molecule has 2 saturated heterocycles. The fraction of sp³-hybridized carbons (Fsp3) is 0.526. The Hall–Kier alpha value is -3.94. The number of rotatable bonds is 9. The molecule has 20 nitrogen and oxygen atoms in total. The predicted octanol–water partition coefficient (Wildman–Crippen LogP) is -1.50. The van der Waals surface area contributed by atoms with Gasteiger partial charge in [-0.1, -0.05) is 0 Å². The van der Waals surface area contributed by atoms with Crippen molar-refractivity contribution in [1.29, 1.82) is 0 Å². The number of hydrogen-bond acceptors (Lipinski definition) is 15. The van der Waals surface area contributed by atoms with Crippen molar-refractivity contribution in [3.63, 3.8) is 0 Å². The Labute approximate surface area is 223 Å². The van der Waals surface area contributed by atoms with Crippen LogP contribution < -0.4 is 28.5 Å². The van der Waals surface area contributed by atoms with Crippen molar-refractivity contribution in [2.45, 2.75) is 50.0 Å². The van der Waals surface area contributed by atoms with Gasteiger partial charge < -0.3 is 36.3 Å². The molecule has 1 unspecified atom stereocenters. The molecule has 0 saturated carbocycles. The van der Waals surface area contributed by atoms with Gasteiger partial charge in [0, 0.05) is 6.42 Å². The van der Waals surface area contributed by atoms with Gasteiger partial charge in [0.25, 0.3) is 5.56 Å². The quantitative estimate of drug-likeness (QED) is 0.179. The third-order valence-electron chi connectivity index (χ3n) is 6.16. The van der Waals surface area contributed by atoms with Gasteiger partial charge in [-0.2, -0.15) is 9.97 Å². The summed E-state index contributed by atoms with van der Waals surface area (Å²) in [6.07, 6.45) is -2.31. The molecule has 6 atom stereocenters. The smallest absolute Gasteiger partial charge is 0.447 e. The van der Waals surface area contributed by atoms with Crippen molar-refractivity contribution in [3.05, 3.63) is 33.5 Å². The van der Waals surface area contributed by atoms with Gasteiger partial charge in [-0.3, -0.25) is 28.0 Å². The van der Waals surface area contributed by atoms with Crippen LogP contribution in [-0.2, 0) is 27.8 Å². The Morgan fingerprint density at radius 3 is 2.65 bits per heavy atom. The van der Waals surface area contributed by atoms with E-state index in [1.165, 1.54) is 17.2 Å². The number of nitrogens with two attached hydrogens (primary N) is 3. The van der Waals surface area contributed by atoms with Crippen LogP contribution in [0.2, 0.25) is 0 Å². The Kier molecular flexibility index (Phi) is 7.53. The molecule has 0 radical (unpaired) electrons. The minimum Gasteiger partial charge on any atom is -0.447 e. The number of primary amides is 1. The summed E-state index contributed by atoms with van der Waals surface area (Å²) in [6, 6.07) is 0. The van der Waals surface area contributed by atoms with Crippen LogP contribution in [0.1, 0.15) is 31.7 Å². The highest BCUT2D eigenvalue weighted by Crippen LogP contribution is 2.49. The number of aromatic amines is 1. The number of ether oxygens (including phenoxy) is 3. The molecule has 40 heavy (non-hydrogen) atoms. The van der Waals surface area contributed by atoms with Crippen molar-refractivity contribution < 1.29 is 37.5 Å². The maximum atomic E-state index is 12.8. The summed E-state index contributed by atoms with van der Waals surface area (Å²) in [4.78, 5) is 63.5.